The molecule has 7 nitrogen and oxygen atoms in total. The van der Waals surface area contributed by atoms with Crippen molar-refractivity contribution in [1.82, 2.24) is 30.0 Å². The Labute approximate surface area is 135 Å². The average molecular weight is 314 g/mol. The lowest BCUT2D eigenvalue weighted by Gasteiger charge is -2.18. The fourth-order valence-electron chi connectivity index (χ4n) is 2.90. The molecule has 2 aromatic heterocycles. The van der Waals surface area contributed by atoms with Crippen LogP contribution in [0.25, 0.3) is 11.4 Å². The van der Waals surface area contributed by atoms with Crippen molar-refractivity contribution >= 4 is 5.91 Å². The van der Waals surface area contributed by atoms with Crippen LogP contribution in [-0.2, 0) is 17.8 Å². The Morgan fingerprint density at radius 2 is 2.26 bits per heavy atom. The van der Waals surface area contributed by atoms with E-state index in [0.29, 0.717) is 6.54 Å². The van der Waals surface area contributed by atoms with Crippen LogP contribution in [0.1, 0.15) is 18.7 Å². The van der Waals surface area contributed by atoms with E-state index in [1.165, 1.54) is 0 Å². The molecule has 1 N–H and O–H groups in total. The van der Waals surface area contributed by atoms with Crippen molar-refractivity contribution in [3.63, 3.8) is 0 Å². The minimum Gasteiger partial charge on any atom is -0.352 e. The molecule has 1 amide bonds. The van der Waals surface area contributed by atoms with Crippen molar-refractivity contribution in [2.45, 2.75) is 31.8 Å². The molecule has 3 rings (SSSR count). The Hall–Kier alpha value is -2.28. The maximum Gasteiger partial charge on any atom is 0.234 e. The minimum absolute atomic E-state index is 0.0742. The van der Waals surface area contributed by atoms with Crippen molar-refractivity contribution in [3.05, 3.63) is 30.4 Å². The van der Waals surface area contributed by atoms with Gasteiger partial charge in [-0.3, -0.25) is 9.78 Å². The van der Waals surface area contributed by atoms with Crippen molar-refractivity contribution < 1.29 is 4.79 Å². The zero-order chi connectivity index (χ0) is 16.2. The molecule has 2 aromatic rings. The van der Waals surface area contributed by atoms with Crippen LogP contribution in [0, 0.1) is 0 Å². The first-order valence-corrected chi connectivity index (χ1v) is 7.90. The number of aromatic nitrogens is 4. The van der Waals surface area contributed by atoms with Crippen molar-refractivity contribution in [3.8, 4) is 11.4 Å². The number of hydrogen-bond acceptors (Lipinski definition) is 5. The van der Waals surface area contributed by atoms with Gasteiger partial charge < -0.3 is 14.8 Å². The first-order valence-electron chi connectivity index (χ1n) is 7.90. The van der Waals surface area contributed by atoms with Gasteiger partial charge in [0.1, 0.15) is 5.82 Å². The highest BCUT2D eigenvalue weighted by molar-refractivity contribution is 5.78. The molecule has 122 valence electrons. The largest absolute Gasteiger partial charge is 0.352 e. The standard InChI is InChI=1S/C16H22N6O/c1-21(2)11-15(23)18-13-5-6-14-19-20-16(22(14)9-7-13)12-4-3-8-17-10-12/h3-4,8,10,13H,5-7,9,11H2,1-2H3,(H,18,23). The number of amides is 1. The molecule has 0 aliphatic carbocycles. The monoisotopic (exact) mass is 314 g/mol. The fourth-order valence-corrected chi connectivity index (χ4v) is 2.90. The third-order valence-electron chi connectivity index (χ3n) is 3.99. The summed E-state index contributed by atoms with van der Waals surface area (Å²) in [7, 11) is 3.79. The summed E-state index contributed by atoms with van der Waals surface area (Å²) >= 11 is 0. The van der Waals surface area contributed by atoms with E-state index in [9.17, 15) is 4.79 Å². The minimum atomic E-state index is 0.0742. The second-order valence-electron chi connectivity index (χ2n) is 6.16. The molecule has 0 spiro atoms. The molecular weight excluding hydrogens is 292 g/mol. The highest BCUT2D eigenvalue weighted by Crippen LogP contribution is 2.22. The quantitative estimate of drug-likeness (QED) is 0.900. The zero-order valence-electron chi connectivity index (χ0n) is 13.6. The Bertz CT molecular complexity index is 666. The van der Waals surface area contributed by atoms with Gasteiger partial charge in [-0.25, -0.2) is 0 Å². The second-order valence-corrected chi connectivity index (χ2v) is 6.16. The number of aryl methyl sites for hydroxylation is 1. The Morgan fingerprint density at radius 1 is 1.39 bits per heavy atom. The zero-order valence-corrected chi connectivity index (χ0v) is 13.6. The first-order chi connectivity index (χ1) is 11.1. The van der Waals surface area contributed by atoms with E-state index in [0.717, 1.165) is 43.0 Å². The third-order valence-corrected chi connectivity index (χ3v) is 3.99. The van der Waals surface area contributed by atoms with E-state index >= 15 is 0 Å². The van der Waals surface area contributed by atoms with Crippen LogP contribution >= 0.6 is 0 Å². The lowest BCUT2D eigenvalue weighted by molar-refractivity contribution is -0.122. The number of carbonyl (C=O) groups excluding carboxylic acids is 1. The molecule has 1 unspecified atom stereocenters. The van der Waals surface area contributed by atoms with Gasteiger partial charge in [-0.1, -0.05) is 0 Å². The predicted molar refractivity (Wildman–Crippen MR) is 86.7 cm³/mol. The summed E-state index contributed by atoms with van der Waals surface area (Å²) in [5, 5.41) is 11.8. The molecule has 1 atom stereocenters. The van der Waals surface area contributed by atoms with Gasteiger partial charge in [-0.2, -0.15) is 0 Å². The van der Waals surface area contributed by atoms with Gasteiger partial charge in [-0.05, 0) is 39.1 Å². The number of rotatable bonds is 4. The second kappa shape index (κ2) is 6.87. The normalized spacial score (nSPS) is 17.6. The van der Waals surface area contributed by atoms with E-state index in [1.54, 1.807) is 12.4 Å². The van der Waals surface area contributed by atoms with Gasteiger partial charge in [0.05, 0.1) is 6.54 Å². The topological polar surface area (TPSA) is 75.9 Å². The molecular formula is C16H22N6O. The summed E-state index contributed by atoms with van der Waals surface area (Å²) < 4.78 is 2.15. The summed E-state index contributed by atoms with van der Waals surface area (Å²) in [5.41, 5.74) is 0.973. The third kappa shape index (κ3) is 3.73. The Balaban J connectivity index is 1.69. The predicted octanol–water partition coefficient (Wildman–Crippen LogP) is 0.723. The van der Waals surface area contributed by atoms with Gasteiger partial charge in [0.15, 0.2) is 5.82 Å². The number of nitrogens with zero attached hydrogens (tertiary/aromatic N) is 5. The summed E-state index contributed by atoms with van der Waals surface area (Å²) in [6.45, 7) is 1.23. The molecule has 1 aliphatic rings. The summed E-state index contributed by atoms with van der Waals surface area (Å²) in [6, 6.07) is 4.08. The maximum absolute atomic E-state index is 11.9. The van der Waals surface area contributed by atoms with E-state index in [4.69, 9.17) is 0 Å². The SMILES string of the molecule is CN(C)CC(=O)NC1CCc2nnc(-c3cccnc3)n2CC1. The maximum atomic E-state index is 11.9. The van der Waals surface area contributed by atoms with E-state index in [-0.39, 0.29) is 11.9 Å². The van der Waals surface area contributed by atoms with Gasteiger partial charge in [-0.15, -0.1) is 10.2 Å². The molecule has 0 saturated heterocycles. The van der Waals surface area contributed by atoms with Crippen LogP contribution in [-0.4, -0.2) is 57.2 Å². The summed E-state index contributed by atoms with van der Waals surface area (Å²) in [5.74, 6) is 1.91. The fraction of sp³-hybridized carbons (Fsp3) is 0.500. The van der Waals surface area contributed by atoms with E-state index < -0.39 is 0 Å². The highest BCUT2D eigenvalue weighted by atomic mass is 16.2. The molecule has 7 heteroatoms. The highest BCUT2D eigenvalue weighted by Gasteiger charge is 2.22. The number of carbonyl (C=O) groups is 1. The molecule has 0 bridgehead atoms. The average Bonchev–Trinajstić information content (AvgIpc) is 2.83. The number of nitrogens with one attached hydrogen (secondary N) is 1. The van der Waals surface area contributed by atoms with Gasteiger partial charge >= 0.3 is 0 Å². The molecule has 0 aromatic carbocycles. The van der Waals surface area contributed by atoms with Crippen molar-refractivity contribution in [1.29, 1.82) is 0 Å². The van der Waals surface area contributed by atoms with E-state index in [2.05, 4.69) is 25.1 Å². The Morgan fingerprint density at radius 3 is 3.00 bits per heavy atom. The molecule has 23 heavy (non-hydrogen) atoms. The number of likely N-dealkylation sites (N-methyl/N-ethyl adjacent to an activating group) is 1. The van der Waals surface area contributed by atoms with Gasteiger partial charge in [0, 0.05) is 37.0 Å². The number of hydrogen-bond donors (Lipinski definition) is 1. The Kier molecular flexibility index (Phi) is 4.66. The van der Waals surface area contributed by atoms with Crippen LogP contribution < -0.4 is 5.32 Å². The first kappa shape index (κ1) is 15.6. The molecule has 0 fully saturated rings. The van der Waals surface area contributed by atoms with Crippen molar-refractivity contribution in [2.75, 3.05) is 20.6 Å². The molecule has 0 saturated carbocycles. The summed E-state index contributed by atoms with van der Waals surface area (Å²) in [6.07, 6.45) is 6.15. The van der Waals surface area contributed by atoms with Crippen LogP contribution in [0.15, 0.2) is 24.5 Å². The van der Waals surface area contributed by atoms with Crippen LogP contribution in [0.5, 0.6) is 0 Å². The van der Waals surface area contributed by atoms with Crippen LogP contribution in [0.2, 0.25) is 0 Å². The van der Waals surface area contributed by atoms with Crippen molar-refractivity contribution in [2.24, 2.45) is 0 Å². The smallest absolute Gasteiger partial charge is 0.234 e. The van der Waals surface area contributed by atoms with Gasteiger partial charge in [0.2, 0.25) is 5.91 Å². The van der Waals surface area contributed by atoms with E-state index in [1.807, 2.05) is 31.1 Å². The molecule has 0 radical (unpaired) electrons. The molecule has 1 aliphatic heterocycles. The lowest BCUT2D eigenvalue weighted by atomic mass is 10.1. The van der Waals surface area contributed by atoms with Crippen LogP contribution in [0.3, 0.4) is 0 Å². The lowest BCUT2D eigenvalue weighted by Crippen LogP contribution is -2.40. The number of pyridine rings is 1. The van der Waals surface area contributed by atoms with Gasteiger partial charge in [0.25, 0.3) is 0 Å². The van der Waals surface area contributed by atoms with Crippen LogP contribution in [0.4, 0.5) is 0 Å². The summed E-state index contributed by atoms with van der Waals surface area (Å²) in [4.78, 5) is 18.0. The molecule has 3 heterocycles. The number of fused-ring (bicyclic) bond motifs is 1.